The van der Waals surface area contributed by atoms with E-state index in [9.17, 15) is 27.6 Å². The molecule has 11 nitrogen and oxygen atoms in total. The molecule has 0 aliphatic carbocycles. The van der Waals surface area contributed by atoms with Crippen LogP contribution in [0.4, 0.5) is 4.79 Å². The second-order valence-electron chi connectivity index (χ2n) is 9.05. The standard InChI is InChI=1S/C23H26N4O7S2/c1-14(2)10-17(25-23(31)34-16-6-9-35-13-16)21(29)26-8-5-18-20(26)19(28)12-27(18)36(32,33)22(30)15-4-3-7-24-11-15/h3-4,6-7,9,11,13-14,17-18,20H,5,8,10,12H2,1-2H3,(H,25,31). The van der Waals surface area contributed by atoms with Crippen molar-refractivity contribution in [1.82, 2.24) is 19.5 Å². The third kappa shape index (κ3) is 5.18. The second kappa shape index (κ2) is 10.4. The monoisotopic (exact) mass is 534 g/mol. The van der Waals surface area contributed by atoms with E-state index in [0.717, 1.165) is 10.5 Å². The number of Topliss-reactive ketones (excluding diaryl/α,β-unsaturated/α-hetero) is 1. The first-order valence-electron chi connectivity index (χ1n) is 11.4. The van der Waals surface area contributed by atoms with E-state index in [4.69, 9.17) is 4.74 Å². The van der Waals surface area contributed by atoms with Gasteiger partial charge < -0.3 is 15.0 Å². The van der Waals surface area contributed by atoms with Gasteiger partial charge in [0.05, 0.1) is 18.2 Å². The summed E-state index contributed by atoms with van der Waals surface area (Å²) in [6, 6.07) is 1.55. The highest BCUT2D eigenvalue weighted by Crippen LogP contribution is 2.33. The van der Waals surface area contributed by atoms with E-state index in [1.54, 1.807) is 16.8 Å². The first-order valence-corrected chi connectivity index (χ1v) is 13.8. The molecule has 0 saturated carbocycles. The lowest BCUT2D eigenvalue weighted by Gasteiger charge is -2.28. The minimum absolute atomic E-state index is 0.0343. The van der Waals surface area contributed by atoms with Crippen LogP contribution in [-0.4, -0.2) is 76.7 Å². The molecule has 0 bridgehead atoms. The molecule has 2 saturated heterocycles. The normalized spacial score (nSPS) is 20.9. The number of pyridine rings is 1. The first-order chi connectivity index (χ1) is 17.1. The van der Waals surface area contributed by atoms with Gasteiger partial charge in [-0.15, -0.1) is 11.3 Å². The Bertz CT molecular complexity index is 1250. The Morgan fingerprint density at radius 2 is 2.06 bits per heavy atom. The van der Waals surface area contributed by atoms with E-state index in [2.05, 4.69) is 10.3 Å². The molecule has 2 aliphatic rings. The fraction of sp³-hybridized carbons (Fsp3) is 0.435. The summed E-state index contributed by atoms with van der Waals surface area (Å²) >= 11 is 1.35. The van der Waals surface area contributed by atoms with Crippen molar-refractivity contribution in [2.75, 3.05) is 13.1 Å². The number of aromatic nitrogens is 1. The van der Waals surface area contributed by atoms with Crippen molar-refractivity contribution in [3.8, 4) is 5.75 Å². The van der Waals surface area contributed by atoms with Crippen LogP contribution in [0.5, 0.6) is 5.75 Å². The van der Waals surface area contributed by atoms with Crippen molar-refractivity contribution >= 4 is 44.3 Å². The van der Waals surface area contributed by atoms with E-state index in [-0.39, 0.29) is 24.4 Å². The van der Waals surface area contributed by atoms with Crippen LogP contribution >= 0.6 is 11.3 Å². The highest BCUT2D eigenvalue weighted by Gasteiger charge is 2.55. The zero-order valence-electron chi connectivity index (χ0n) is 19.7. The maximum absolute atomic E-state index is 13.5. The molecule has 0 radical (unpaired) electrons. The number of carbonyl (C=O) groups is 4. The maximum Gasteiger partial charge on any atom is 0.413 e. The fourth-order valence-electron chi connectivity index (χ4n) is 4.56. The lowest BCUT2D eigenvalue weighted by molar-refractivity contribution is -0.138. The van der Waals surface area contributed by atoms with Crippen molar-refractivity contribution in [3.63, 3.8) is 0 Å². The van der Waals surface area contributed by atoms with Crippen molar-refractivity contribution in [2.45, 2.75) is 44.8 Å². The predicted octanol–water partition coefficient (Wildman–Crippen LogP) is 1.67. The third-order valence-electron chi connectivity index (χ3n) is 6.10. The number of hydrogen-bond donors (Lipinski definition) is 1. The molecule has 0 spiro atoms. The summed E-state index contributed by atoms with van der Waals surface area (Å²) in [5.41, 5.74) is -0.107. The average molecular weight is 535 g/mol. The third-order valence-corrected chi connectivity index (χ3v) is 8.49. The summed E-state index contributed by atoms with van der Waals surface area (Å²) in [5.74, 6) is -0.589. The summed E-state index contributed by atoms with van der Waals surface area (Å²) in [6.45, 7) is 3.38. The lowest BCUT2D eigenvalue weighted by atomic mass is 10.0. The molecule has 13 heteroatoms. The van der Waals surface area contributed by atoms with Crippen molar-refractivity contribution < 1.29 is 32.3 Å². The van der Waals surface area contributed by atoms with Crippen LogP contribution in [0, 0.1) is 5.92 Å². The van der Waals surface area contributed by atoms with Crippen LogP contribution in [0.2, 0.25) is 0 Å². The smallest absolute Gasteiger partial charge is 0.409 e. The number of ketones is 1. The molecule has 1 N–H and O–H groups in total. The van der Waals surface area contributed by atoms with Crippen molar-refractivity contribution in [3.05, 3.63) is 46.9 Å². The molecule has 2 amide bonds. The number of nitrogens with one attached hydrogen (secondary N) is 1. The van der Waals surface area contributed by atoms with Gasteiger partial charge in [-0.2, -0.15) is 4.31 Å². The first kappa shape index (κ1) is 25.9. The summed E-state index contributed by atoms with van der Waals surface area (Å²) in [6.07, 6.45) is 2.25. The van der Waals surface area contributed by atoms with E-state index < -0.39 is 57.6 Å². The SMILES string of the molecule is CC(C)CC(NC(=O)Oc1ccsc1)C(=O)N1CCC2C1C(=O)CN2S(=O)(=O)C(=O)c1cccnc1. The van der Waals surface area contributed by atoms with Gasteiger partial charge >= 0.3 is 6.09 Å². The molecule has 2 fully saturated rings. The van der Waals surface area contributed by atoms with Gasteiger partial charge in [0.1, 0.15) is 17.8 Å². The van der Waals surface area contributed by atoms with Crippen LogP contribution in [0.15, 0.2) is 41.4 Å². The van der Waals surface area contributed by atoms with Gasteiger partial charge in [0.15, 0.2) is 5.78 Å². The molecule has 0 aromatic carbocycles. The van der Waals surface area contributed by atoms with Crippen molar-refractivity contribution in [1.29, 1.82) is 0 Å². The number of amides is 2. The number of thiophene rings is 1. The number of fused-ring (bicyclic) bond motifs is 1. The van der Waals surface area contributed by atoms with Gasteiger partial charge in [-0.05, 0) is 42.3 Å². The number of hydrogen-bond acceptors (Lipinski definition) is 9. The van der Waals surface area contributed by atoms with Crippen LogP contribution < -0.4 is 10.1 Å². The number of rotatable bonds is 7. The highest BCUT2D eigenvalue weighted by molar-refractivity contribution is 8.04. The molecule has 2 aromatic rings. The Morgan fingerprint density at radius 3 is 2.69 bits per heavy atom. The van der Waals surface area contributed by atoms with Gasteiger partial charge in [-0.3, -0.25) is 19.4 Å². The topological polar surface area (TPSA) is 143 Å². The molecule has 36 heavy (non-hydrogen) atoms. The molecule has 3 unspecified atom stereocenters. The van der Waals surface area contributed by atoms with Gasteiger partial charge in [0, 0.05) is 24.3 Å². The minimum atomic E-state index is -4.51. The number of sulfonamides is 1. The van der Waals surface area contributed by atoms with Crippen LogP contribution in [0.25, 0.3) is 0 Å². The Kier molecular flexibility index (Phi) is 7.52. The molecule has 2 aliphatic heterocycles. The summed E-state index contributed by atoms with van der Waals surface area (Å²) in [5, 5.41) is 4.82. The van der Waals surface area contributed by atoms with Gasteiger partial charge in [-0.1, -0.05) is 13.8 Å². The van der Waals surface area contributed by atoms with E-state index in [1.807, 2.05) is 13.8 Å². The summed E-state index contributed by atoms with van der Waals surface area (Å²) in [7, 11) is -4.51. The van der Waals surface area contributed by atoms with Crippen LogP contribution in [0.1, 0.15) is 37.0 Å². The number of ether oxygens (including phenoxy) is 1. The van der Waals surface area contributed by atoms with E-state index in [1.165, 1.54) is 34.6 Å². The number of carbonyl (C=O) groups excluding carboxylic acids is 4. The Morgan fingerprint density at radius 1 is 1.28 bits per heavy atom. The molecular formula is C23H26N4O7S2. The average Bonchev–Trinajstić information content (AvgIpc) is 3.57. The molecule has 3 atom stereocenters. The van der Waals surface area contributed by atoms with Gasteiger partial charge in [-0.25, -0.2) is 13.2 Å². The second-order valence-corrected chi connectivity index (χ2v) is 11.6. The highest BCUT2D eigenvalue weighted by atomic mass is 32.2. The number of nitrogens with zero attached hydrogens (tertiary/aromatic N) is 3. The zero-order chi connectivity index (χ0) is 26.0. The zero-order valence-corrected chi connectivity index (χ0v) is 21.3. The minimum Gasteiger partial charge on any atom is -0.409 e. The van der Waals surface area contributed by atoms with E-state index in [0.29, 0.717) is 12.2 Å². The molecule has 4 heterocycles. The predicted molar refractivity (Wildman–Crippen MR) is 130 cm³/mol. The quantitative estimate of drug-likeness (QED) is 0.565. The Balaban J connectivity index is 1.51. The van der Waals surface area contributed by atoms with Crippen LogP contribution in [0.3, 0.4) is 0 Å². The molecular weight excluding hydrogens is 508 g/mol. The molecule has 4 rings (SSSR count). The number of likely N-dealkylation sites (tertiary alicyclic amines) is 1. The fourth-order valence-corrected chi connectivity index (χ4v) is 6.62. The largest absolute Gasteiger partial charge is 0.413 e. The molecule has 2 aromatic heterocycles. The van der Waals surface area contributed by atoms with E-state index >= 15 is 0 Å². The maximum atomic E-state index is 13.5. The van der Waals surface area contributed by atoms with Gasteiger partial charge in [0.25, 0.3) is 15.1 Å². The van der Waals surface area contributed by atoms with Gasteiger partial charge in [0.2, 0.25) is 5.91 Å². The van der Waals surface area contributed by atoms with Crippen LogP contribution in [-0.2, 0) is 19.6 Å². The Labute approximate surface area is 212 Å². The summed E-state index contributed by atoms with van der Waals surface area (Å²) in [4.78, 5) is 56.6. The Hall–Kier alpha value is -3.16. The summed E-state index contributed by atoms with van der Waals surface area (Å²) < 4.78 is 32.3. The molecule has 192 valence electrons. The lowest BCUT2D eigenvalue weighted by Crippen LogP contribution is -2.53. The van der Waals surface area contributed by atoms with Crippen molar-refractivity contribution in [2.24, 2.45) is 5.92 Å².